The van der Waals surface area contributed by atoms with E-state index >= 15 is 0 Å². The molecule has 2 aromatic rings. The largest absolute Gasteiger partial charge is 0.573 e. The Bertz CT molecular complexity index is 957. The van der Waals surface area contributed by atoms with Crippen molar-refractivity contribution in [1.82, 2.24) is 15.2 Å². The van der Waals surface area contributed by atoms with Gasteiger partial charge in [0.25, 0.3) is 0 Å². The van der Waals surface area contributed by atoms with Crippen LogP contribution >= 0.6 is 0 Å². The Morgan fingerprint density at radius 1 is 1.16 bits per heavy atom. The van der Waals surface area contributed by atoms with Gasteiger partial charge in [-0.1, -0.05) is 0 Å². The number of nitrogens with zero attached hydrogens (tertiary/aromatic N) is 3. The number of nitrogens with two attached hydrogens (primary N) is 1. The lowest BCUT2D eigenvalue weighted by molar-refractivity contribution is -0.274. The van der Waals surface area contributed by atoms with E-state index in [0.29, 0.717) is 25.5 Å². The number of alkyl halides is 6. The first-order chi connectivity index (χ1) is 14.5. The third-order valence-corrected chi connectivity index (χ3v) is 4.52. The summed E-state index contributed by atoms with van der Waals surface area (Å²) >= 11 is 0. The van der Waals surface area contributed by atoms with Crippen molar-refractivity contribution < 1.29 is 36.2 Å². The van der Waals surface area contributed by atoms with Crippen LogP contribution < -0.4 is 15.8 Å². The molecule has 1 aromatic heterocycles. The molecule has 1 fully saturated rings. The molecule has 7 nitrogen and oxygen atoms in total. The fourth-order valence-corrected chi connectivity index (χ4v) is 3.02. The zero-order chi connectivity index (χ0) is 22.8. The van der Waals surface area contributed by atoms with E-state index in [0.717, 1.165) is 12.3 Å². The van der Waals surface area contributed by atoms with Crippen molar-refractivity contribution in [2.75, 3.05) is 11.9 Å². The molecule has 168 valence electrons. The predicted octanol–water partition coefficient (Wildman–Crippen LogP) is 3.57. The van der Waals surface area contributed by atoms with Crippen LogP contribution in [0.1, 0.15) is 24.1 Å². The highest BCUT2D eigenvalue weighted by molar-refractivity contribution is 5.75. The summed E-state index contributed by atoms with van der Waals surface area (Å²) in [4.78, 5) is 4.12. The molecule has 0 amide bonds. The molecular weight excluding hydrogens is 432 g/mol. The monoisotopic (exact) mass is 449 g/mol. The fourth-order valence-electron chi connectivity index (χ4n) is 3.02. The second kappa shape index (κ2) is 8.57. The second-order valence-corrected chi connectivity index (χ2v) is 6.86. The number of aliphatic hydroxyl groups excluding tert-OH is 1. The maximum absolute atomic E-state index is 13.0. The molecule has 0 spiro atoms. The zero-order valence-corrected chi connectivity index (χ0v) is 15.7. The number of aromatic nitrogens is 3. The van der Waals surface area contributed by atoms with Gasteiger partial charge in [0.15, 0.2) is 0 Å². The molecule has 0 unspecified atom stereocenters. The summed E-state index contributed by atoms with van der Waals surface area (Å²) in [5, 5.41) is 19.8. The van der Waals surface area contributed by atoms with Crippen molar-refractivity contribution in [3.63, 3.8) is 0 Å². The van der Waals surface area contributed by atoms with Crippen molar-refractivity contribution in [2.24, 2.45) is 11.7 Å². The number of ether oxygens (including phenoxy) is 1. The minimum atomic E-state index is -5.24. The highest BCUT2D eigenvalue weighted by Crippen LogP contribution is 2.39. The van der Waals surface area contributed by atoms with Gasteiger partial charge >= 0.3 is 12.5 Å². The first-order valence-corrected chi connectivity index (χ1v) is 8.98. The number of halogens is 6. The number of hydrogen-bond donors (Lipinski definition) is 3. The van der Waals surface area contributed by atoms with Gasteiger partial charge < -0.3 is 20.9 Å². The first-order valence-electron chi connectivity index (χ1n) is 8.98. The second-order valence-electron chi connectivity index (χ2n) is 6.86. The molecule has 1 aliphatic carbocycles. The minimum absolute atomic E-state index is 0.0274. The highest BCUT2D eigenvalue weighted by atomic mass is 19.4. The Hall–Kier alpha value is -3.09. The maximum atomic E-state index is 13.0. The van der Waals surface area contributed by atoms with E-state index in [-0.39, 0.29) is 35.4 Å². The van der Waals surface area contributed by atoms with Gasteiger partial charge in [0.2, 0.25) is 5.95 Å². The van der Waals surface area contributed by atoms with Crippen LogP contribution in [-0.4, -0.2) is 39.3 Å². The summed E-state index contributed by atoms with van der Waals surface area (Å²) in [6, 6.07) is 1.63. The van der Waals surface area contributed by atoms with Crippen LogP contribution in [0.15, 0.2) is 24.4 Å². The van der Waals surface area contributed by atoms with Crippen LogP contribution in [0.25, 0.3) is 17.3 Å². The number of aliphatic hydroxyl groups is 1. The van der Waals surface area contributed by atoms with E-state index in [1.165, 1.54) is 6.08 Å². The van der Waals surface area contributed by atoms with Gasteiger partial charge in [-0.2, -0.15) is 13.2 Å². The van der Waals surface area contributed by atoms with Crippen LogP contribution in [0.3, 0.4) is 0 Å². The van der Waals surface area contributed by atoms with Crippen LogP contribution in [0.4, 0.5) is 32.3 Å². The Morgan fingerprint density at radius 2 is 1.87 bits per heavy atom. The van der Waals surface area contributed by atoms with Gasteiger partial charge in [-0.3, -0.25) is 0 Å². The van der Waals surface area contributed by atoms with Gasteiger partial charge in [-0.05, 0) is 49.2 Å². The van der Waals surface area contributed by atoms with Crippen LogP contribution in [-0.2, 0) is 6.18 Å². The number of anilines is 1. The third-order valence-electron chi connectivity index (χ3n) is 4.52. The summed E-state index contributed by atoms with van der Waals surface area (Å²) in [6.45, 7) is 0.437. The molecular formula is C18H17F6N5O2. The van der Waals surface area contributed by atoms with Gasteiger partial charge in [-0.15, -0.1) is 23.4 Å². The van der Waals surface area contributed by atoms with E-state index < -0.39 is 29.4 Å². The van der Waals surface area contributed by atoms with Crippen LogP contribution in [0.5, 0.6) is 5.75 Å². The molecule has 1 aromatic carbocycles. The van der Waals surface area contributed by atoms with Gasteiger partial charge in [0.1, 0.15) is 11.4 Å². The van der Waals surface area contributed by atoms with Crippen molar-refractivity contribution >= 4 is 12.0 Å². The molecule has 0 atom stereocenters. The molecule has 31 heavy (non-hydrogen) atoms. The molecule has 13 heteroatoms. The van der Waals surface area contributed by atoms with Crippen LogP contribution in [0, 0.1) is 5.92 Å². The Kier molecular flexibility index (Phi) is 6.25. The molecule has 0 aliphatic heterocycles. The van der Waals surface area contributed by atoms with E-state index in [1.54, 1.807) is 0 Å². The molecule has 4 N–H and O–H groups in total. The third kappa shape index (κ3) is 5.75. The van der Waals surface area contributed by atoms with Crippen molar-refractivity contribution in [3.05, 3.63) is 35.7 Å². The number of nitrogens with one attached hydrogen (secondary N) is 1. The van der Waals surface area contributed by atoms with E-state index in [9.17, 15) is 31.4 Å². The molecule has 3 rings (SSSR count). The smallest absolute Gasteiger partial charge is 0.405 e. The normalized spacial score (nSPS) is 19.3. The predicted molar refractivity (Wildman–Crippen MR) is 97.4 cm³/mol. The quantitative estimate of drug-likeness (QED) is 0.579. The maximum Gasteiger partial charge on any atom is 0.573 e. The number of benzene rings is 1. The van der Waals surface area contributed by atoms with Crippen molar-refractivity contribution in [1.29, 1.82) is 0 Å². The van der Waals surface area contributed by atoms with Gasteiger partial charge in [-0.25, -0.2) is 4.98 Å². The molecule has 1 aliphatic rings. The fraction of sp³-hybridized carbons (Fsp3) is 0.389. The summed E-state index contributed by atoms with van der Waals surface area (Å²) in [5.41, 5.74) is 3.37. The Morgan fingerprint density at radius 3 is 2.45 bits per heavy atom. The van der Waals surface area contributed by atoms with E-state index in [2.05, 4.69) is 25.2 Å². The summed E-state index contributed by atoms with van der Waals surface area (Å²) in [7, 11) is 0. The average Bonchev–Trinajstić information content (AvgIpc) is 2.63. The lowest BCUT2D eigenvalue weighted by Crippen LogP contribution is -2.33. The molecule has 0 saturated heterocycles. The lowest BCUT2D eigenvalue weighted by Gasteiger charge is -2.31. The Balaban J connectivity index is 1.97. The zero-order valence-electron chi connectivity index (χ0n) is 15.7. The topological polar surface area (TPSA) is 106 Å². The van der Waals surface area contributed by atoms with Gasteiger partial charge in [0.05, 0.1) is 17.4 Å². The summed E-state index contributed by atoms with van der Waals surface area (Å²) < 4.78 is 81.1. The lowest BCUT2D eigenvalue weighted by atomic mass is 9.82. The summed E-state index contributed by atoms with van der Waals surface area (Å²) in [5.74, 6) is -0.855. The Labute approximate surface area is 171 Å². The molecule has 1 saturated carbocycles. The number of hydrogen-bond acceptors (Lipinski definition) is 7. The first kappa shape index (κ1) is 22.6. The minimum Gasteiger partial charge on any atom is -0.405 e. The van der Waals surface area contributed by atoms with Crippen LogP contribution in [0.2, 0.25) is 0 Å². The SMILES string of the molecule is N/C=C\c1nc(NCC2CC(O)C2)nnc1-c1ccc(C(F)(F)F)cc1OC(F)(F)F. The van der Waals surface area contributed by atoms with Gasteiger partial charge in [0, 0.05) is 12.1 Å². The summed E-state index contributed by atoms with van der Waals surface area (Å²) in [6.07, 6.45) is -6.98. The van der Waals surface area contributed by atoms with Crippen molar-refractivity contribution in [3.8, 4) is 17.0 Å². The van der Waals surface area contributed by atoms with Crippen molar-refractivity contribution in [2.45, 2.75) is 31.5 Å². The highest BCUT2D eigenvalue weighted by Gasteiger charge is 2.36. The standard InChI is InChI=1S/C18H17F6N5O2/c19-17(20,21)10-1-2-12(14(7-10)31-18(22,23)24)15-13(3-4-25)27-16(29-28-15)26-8-9-5-11(30)6-9/h1-4,7,9,11,30H,5-6,8,25H2,(H,26,27,29)/b4-3-. The van der Waals surface area contributed by atoms with E-state index in [1.807, 2.05) is 0 Å². The molecule has 1 heterocycles. The molecule has 0 bridgehead atoms. The van der Waals surface area contributed by atoms with E-state index in [4.69, 9.17) is 5.73 Å². The average molecular weight is 449 g/mol. The molecule has 0 radical (unpaired) electrons. The number of rotatable bonds is 6.